The van der Waals surface area contributed by atoms with Gasteiger partial charge in [-0.25, -0.2) is 4.98 Å². The van der Waals surface area contributed by atoms with Crippen molar-refractivity contribution in [2.75, 3.05) is 5.32 Å². The maximum atomic E-state index is 12.3. The van der Waals surface area contributed by atoms with Crippen molar-refractivity contribution in [3.8, 4) is 11.1 Å². The van der Waals surface area contributed by atoms with Crippen LogP contribution >= 0.6 is 0 Å². The molecule has 26 heavy (non-hydrogen) atoms. The molecule has 2 N–H and O–H groups in total. The molecule has 1 amide bonds. The number of aromatic amines is 1. The number of nitrogens with one attached hydrogen (secondary N) is 2. The van der Waals surface area contributed by atoms with E-state index in [0.717, 1.165) is 33.0 Å². The van der Waals surface area contributed by atoms with Crippen LogP contribution in [0.5, 0.6) is 0 Å². The van der Waals surface area contributed by atoms with E-state index in [4.69, 9.17) is 0 Å². The average Bonchev–Trinajstić information content (AvgIpc) is 3.15. The lowest BCUT2D eigenvalue weighted by molar-refractivity contribution is -0.115. The van der Waals surface area contributed by atoms with Crippen LogP contribution in [-0.4, -0.2) is 21.1 Å². The van der Waals surface area contributed by atoms with Crippen LogP contribution in [0.2, 0.25) is 0 Å². The smallest absolute Gasteiger partial charge is 0.229 e. The SMILES string of the molecule is Cc1cccc(CC(=O)Nc2cc3cc(-c4cn[nH]c4)ccc3cn2)c1. The average molecular weight is 342 g/mol. The molecule has 0 aliphatic rings. The molecular formula is C21H18N4O. The first-order chi connectivity index (χ1) is 12.7. The third-order valence-corrected chi connectivity index (χ3v) is 4.27. The number of fused-ring (bicyclic) bond motifs is 1. The molecule has 5 nitrogen and oxygen atoms in total. The molecule has 2 aromatic carbocycles. The van der Waals surface area contributed by atoms with Crippen LogP contribution < -0.4 is 5.32 Å². The van der Waals surface area contributed by atoms with E-state index in [0.29, 0.717) is 12.2 Å². The molecule has 0 aliphatic carbocycles. The van der Waals surface area contributed by atoms with Crippen molar-refractivity contribution in [3.63, 3.8) is 0 Å². The normalized spacial score (nSPS) is 10.8. The summed E-state index contributed by atoms with van der Waals surface area (Å²) in [6.45, 7) is 2.02. The summed E-state index contributed by atoms with van der Waals surface area (Å²) in [4.78, 5) is 16.7. The highest BCUT2D eigenvalue weighted by Crippen LogP contribution is 2.24. The molecule has 5 heteroatoms. The van der Waals surface area contributed by atoms with Crippen LogP contribution in [0, 0.1) is 6.92 Å². The van der Waals surface area contributed by atoms with Crippen LogP contribution in [0.15, 0.2) is 67.1 Å². The van der Waals surface area contributed by atoms with Crippen LogP contribution in [0.1, 0.15) is 11.1 Å². The van der Waals surface area contributed by atoms with Crippen molar-refractivity contribution in [3.05, 3.63) is 78.2 Å². The van der Waals surface area contributed by atoms with Gasteiger partial charge in [0.25, 0.3) is 0 Å². The fourth-order valence-corrected chi connectivity index (χ4v) is 2.99. The number of amides is 1. The summed E-state index contributed by atoms with van der Waals surface area (Å²) < 4.78 is 0. The maximum absolute atomic E-state index is 12.3. The molecule has 0 radical (unpaired) electrons. The minimum Gasteiger partial charge on any atom is -0.310 e. The second-order valence-corrected chi connectivity index (χ2v) is 6.33. The molecule has 2 heterocycles. The maximum Gasteiger partial charge on any atom is 0.229 e. The lowest BCUT2D eigenvalue weighted by Crippen LogP contribution is -2.15. The minimum atomic E-state index is -0.0755. The van der Waals surface area contributed by atoms with Gasteiger partial charge in [-0.2, -0.15) is 5.10 Å². The summed E-state index contributed by atoms with van der Waals surface area (Å²) in [5, 5.41) is 11.7. The molecule has 128 valence electrons. The Bertz CT molecular complexity index is 1070. The predicted molar refractivity (Wildman–Crippen MR) is 103 cm³/mol. The van der Waals surface area contributed by atoms with Gasteiger partial charge in [0.2, 0.25) is 5.91 Å². The van der Waals surface area contributed by atoms with Crippen molar-refractivity contribution >= 4 is 22.5 Å². The second-order valence-electron chi connectivity index (χ2n) is 6.33. The number of carbonyl (C=O) groups is 1. The van der Waals surface area contributed by atoms with Crippen molar-refractivity contribution in [2.45, 2.75) is 13.3 Å². The molecule has 0 aliphatic heterocycles. The summed E-state index contributed by atoms with van der Waals surface area (Å²) in [7, 11) is 0. The number of hydrogen-bond donors (Lipinski definition) is 2. The number of rotatable bonds is 4. The fraction of sp³-hybridized carbons (Fsp3) is 0.0952. The number of aryl methyl sites for hydroxylation is 1. The second kappa shape index (κ2) is 6.80. The van der Waals surface area contributed by atoms with E-state index in [1.54, 1.807) is 12.4 Å². The summed E-state index contributed by atoms with van der Waals surface area (Å²) in [5.74, 6) is 0.480. The van der Waals surface area contributed by atoms with E-state index in [1.807, 2.05) is 55.6 Å². The number of hydrogen-bond acceptors (Lipinski definition) is 3. The summed E-state index contributed by atoms with van der Waals surface area (Å²) in [6.07, 6.45) is 5.74. The van der Waals surface area contributed by atoms with Gasteiger partial charge >= 0.3 is 0 Å². The molecule has 2 aromatic heterocycles. The zero-order valence-electron chi connectivity index (χ0n) is 14.4. The van der Waals surface area contributed by atoms with Crippen molar-refractivity contribution in [2.24, 2.45) is 0 Å². The van der Waals surface area contributed by atoms with E-state index < -0.39 is 0 Å². The third kappa shape index (κ3) is 3.47. The molecule has 0 bridgehead atoms. The summed E-state index contributed by atoms with van der Waals surface area (Å²) in [5.41, 5.74) is 4.22. The first-order valence-corrected chi connectivity index (χ1v) is 8.42. The van der Waals surface area contributed by atoms with Crippen LogP contribution in [0.3, 0.4) is 0 Å². The number of benzene rings is 2. The van der Waals surface area contributed by atoms with E-state index >= 15 is 0 Å². The van der Waals surface area contributed by atoms with Crippen LogP contribution in [-0.2, 0) is 11.2 Å². The van der Waals surface area contributed by atoms with Crippen LogP contribution in [0.4, 0.5) is 5.82 Å². The van der Waals surface area contributed by atoms with E-state index in [-0.39, 0.29) is 5.91 Å². The van der Waals surface area contributed by atoms with Gasteiger partial charge in [-0.05, 0) is 35.6 Å². The number of anilines is 1. The Balaban J connectivity index is 1.55. The van der Waals surface area contributed by atoms with Crippen LogP contribution in [0.25, 0.3) is 21.9 Å². The molecule has 0 spiro atoms. The fourth-order valence-electron chi connectivity index (χ4n) is 2.99. The lowest BCUT2D eigenvalue weighted by Gasteiger charge is -2.07. The number of carbonyl (C=O) groups excluding carboxylic acids is 1. The van der Waals surface area contributed by atoms with E-state index in [9.17, 15) is 4.79 Å². The van der Waals surface area contributed by atoms with Crippen molar-refractivity contribution in [1.29, 1.82) is 0 Å². The molecule has 4 aromatic rings. The minimum absolute atomic E-state index is 0.0755. The molecule has 0 fully saturated rings. The zero-order chi connectivity index (χ0) is 17.9. The lowest BCUT2D eigenvalue weighted by atomic mass is 10.1. The summed E-state index contributed by atoms with van der Waals surface area (Å²) in [6, 6.07) is 16.0. The Morgan fingerprint density at radius 2 is 1.96 bits per heavy atom. The summed E-state index contributed by atoms with van der Waals surface area (Å²) >= 11 is 0. The molecule has 0 saturated heterocycles. The zero-order valence-corrected chi connectivity index (χ0v) is 14.4. The van der Waals surface area contributed by atoms with Crippen molar-refractivity contribution in [1.82, 2.24) is 15.2 Å². The highest BCUT2D eigenvalue weighted by atomic mass is 16.1. The molecule has 0 saturated carbocycles. The van der Waals surface area contributed by atoms with E-state index in [2.05, 4.69) is 26.6 Å². The third-order valence-electron chi connectivity index (χ3n) is 4.27. The first kappa shape index (κ1) is 16.0. The monoisotopic (exact) mass is 342 g/mol. The Morgan fingerprint density at radius 3 is 2.77 bits per heavy atom. The predicted octanol–water partition coefficient (Wildman–Crippen LogP) is 4.11. The van der Waals surface area contributed by atoms with Gasteiger partial charge in [0.15, 0.2) is 0 Å². The standard InChI is InChI=1S/C21H18N4O/c1-14-3-2-4-15(7-14)8-21(26)25-20-10-18-9-16(19-12-23-24-13-19)5-6-17(18)11-22-20/h2-7,9-13H,8H2,1H3,(H,23,24)(H,22,25,26). The Kier molecular flexibility index (Phi) is 4.19. The number of H-pyrrole nitrogens is 1. The van der Waals surface area contributed by atoms with Gasteiger partial charge < -0.3 is 5.32 Å². The molecule has 4 rings (SSSR count). The number of aromatic nitrogens is 3. The highest BCUT2D eigenvalue weighted by Gasteiger charge is 2.07. The van der Waals surface area contributed by atoms with E-state index in [1.165, 1.54) is 0 Å². The Morgan fingerprint density at radius 1 is 1.04 bits per heavy atom. The Hall–Kier alpha value is -3.47. The Labute approximate surface area is 151 Å². The highest BCUT2D eigenvalue weighted by molar-refractivity contribution is 5.94. The molecule has 0 atom stereocenters. The van der Waals surface area contributed by atoms with Gasteiger partial charge in [0.05, 0.1) is 12.6 Å². The quantitative estimate of drug-likeness (QED) is 0.586. The van der Waals surface area contributed by atoms with Gasteiger partial charge in [-0.3, -0.25) is 9.89 Å². The van der Waals surface area contributed by atoms with Gasteiger partial charge in [-0.15, -0.1) is 0 Å². The van der Waals surface area contributed by atoms with Gasteiger partial charge in [-0.1, -0.05) is 42.0 Å². The van der Waals surface area contributed by atoms with Gasteiger partial charge in [0.1, 0.15) is 5.82 Å². The van der Waals surface area contributed by atoms with Crippen molar-refractivity contribution < 1.29 is 4.79 Å². The molecule has 0 unspecified atom stereocenters. The topological polar surface area (TPSA) is 70.7 Å². The number of nitrogens with zero attached hydrogens (tertiary/aromatic N) is 2. The first-order valence-electron chi connectivity index (χ1n) is 8.42. The largest absolute Gasteiger partial charge is 0.310 e. The molecular weight excluding hydrogens is 324 g/mol. The van der Waals surface area contributed by atoms with Gasteiger partial charge in [0, 0.05) is 23.3 Å². The number of pyridine rings is 1.